The van der Waals surface area contributed by atoms with Crippen LogP contribution in [-0.2, 0) is 0 Å². The highest BCUT2D eigenvalue weighted by molar-refractivity contribution is 7.90. The van der Waals surface area contributed by atoms with Gasteiger partial charge in [-0.15, -0.1) is 0 Å². The van der Waals surface area contributed by atoms with E-state index in [1.54, 1.807) is 0 Å². The van der Waals surface area contributed by atoms with Crippen LogP contribution in [0.25, 0.3) is 0 Å². The zero-order chi connectivity index (χ0) is 7.71. The van der Waals surface area contributed by atoms with E-state index < -0.39 is 14.5 Å². The van der Waals surface area contributed by atoms with Crippen LogP contribution in [0.2, 0.25) is 0 Å². The summed E-state index contributed by atoms with van der Waals surface area (Å²) in [4.78, 5) is 0. The van der Waals surface area contributed by atoms with Crippen molar-refractivity contribution < 1.29 is 0 Å². The molecule has 0 bridgehead atoms. The zero-order valence-electron chi connectivity index (χ0n) is 7.60. The molecule has 0 fully saturated rings. The van der Waals surface area contributed by atoms with Crippen LogP contribution in [0, 0.1) is 0 Å². The van der Waals surface area contributed by atoms with Crippen LogP contribution >= 0.6 is 14.5 Å². The third-order valence-electron chi connectivity index (χ3n) is 0.849. The van der Waals surface area contributed by atoms with Gasteiger partial charge in [0.2, 0.25) is 0 Å². The lowest BCUT2D eigenvalue weighted by Crippen LogP contribution is -1.97. The van der Waals surface area contributed by atoms with E-state index in [4.69, 9.17) is 0 Å². The van der Waals surface area contributed by atoms with Gasteiger partial charge in [-0.05, 0) is 0 Å². The lowest BCUT2D eigenvalue weighted by atomic mass is 11.8. The predicted molar refractivity (Wildman–Crippen MR) is 54.3 cm³/mol. The van der Waals surface area contributed by atoms with E-state index in [9.17, 15) is 0 Å². The van der Waals surface area contributed by atoms with E-state index in [2.05, 4.69) is 40.0 Å². The standard InChI is InChI=1S/C7H20P2/c1-8(2,3)7-9(4,5)6/h7H2,1-6H3/q+2. The van der Waals surface area contributed by atoms with E-state index in [0.29, 0.717) is 0 Å². The summed E-state index contributed by atoms with van der Waals surface area (Å²) >= 11 is 0. The first-order chi connectivity index (χ1) is 3.71. The molecule has 0 atom stereocenters. The Bertz CT molecular complexity index is 72.1. The van der Waals surface area contributed by atoms with Crippen molar-refractivity contribution >= 4 is 14.5 Å². The Hall–Kier alpha value is 0.860. The van der Waals surface area contributed by atoms with Gasteiger partial charge in [0.05, 0.1) is 40.0 Å². The van der Waals surface area contributed by atoms with E-state index in [-0.39, 0.29) is 0 Å². The van der Waals surface area contributed by atoms with Gasteiger partial charge in [0, 0.05) is 14.5 Å². The second kappa shape index (κ2) is 2.85. The Balaban J connectivity index is 3.75. The van der Waals surface area contributed by atoms with Crippen LogP contribution in [0.15, 0.2) is 0 Å². The molecule has 0 amide bonds. The summed E-state index contributed by atoms with van der Waals surface area (Å²) in [6, 6.07) is 0. The third-order valence-corrected chi connectivity index (χ3v) is 7.64. The second-order valence-corrected chi connectivity index (χ2v) is 15.0. The second-order valence-electron chi connectivity index (χ2n) is 4.72. The first-order valence-corrected chi connectivity index (χ1v) is 9.95. The first-order valence-electron chi connectivity index (χ1n) is 3.32. The van der Waals surface area contributed by atoms with E-state index in [0.717, 1.165) is 0 Å². The Morgan fingerprint density at radius 1 is 0.667 bits per heavy atom. The first kappa shape index (κ1) is 9.86. The molecule has 0 nitrogen and oxygen atoms in total. The summed E-state index contributed by atoms with van der Waals surface area (Å²) in [5.74, 6) is 1.51. The number of hydrogen-bond donors (Lipinski definition) is 0. The summed E-state index contributed by atoms with van der Waals surface area (Å²) in [6.45, 7) is 14.6. The highest BCUT2D eigenvalue weighted by atomic mass is 31.2. The zero-order valence-corrected chi connectivity index (χ0v) is 9.39. The molecule has 0 saturated carbocycles. The average Bonchev–Trinajstić information content (AvgIpc) is 1.14. The molecule has 0 aromatic rings. The van der Waals surface area contributed by atoms with E-state index in [1.807, 2.05) is 0 Å². The fourth-order valence-electron chi connectivity index (χ4n) is 1.27. The minimum Gasteiger partial charge on any atom is 0.0428 e. The molecule has 0 aliphatic carbocycles. The van der Waals surface area contributed by atoms with Crippen molar-refractivity contribution in [2.24, 2.45) is 0 Å². The van der Waals surface area contributed by atoms with Crippen molar-refractivity contribution in [2.75, 3.05) is 45.9 Å². The molecule has 0 unspecified atom stereocenters. The van der Waals surface area contributed by atoms with Gasteiger partial charge in [-0.2, -0.15) is 0 Å². The van der Waals surface area contributed by atoms with Crippen LogP contribution in [0.5, 0.6) is 0 Å². The summed E-state index contributed by atoms with van der Waals surface area (Å²) in [6.07, 6.45) is 0. The Labute approximate surface area is 61.1 Å². The monoisotopic (exact) mass is 166 g/mol. The van der Waals surface area contributed by atoms with E-state index >= 15 is 0 Å². The molecule has 0 spiro atoms. The maximum absolute atomic E-state index is 2.43. The van der Waals surface area contributed by atoms with Gasteiger partial charge in [-0.25, -0.2) is 0 Å². The normalized spacial score (nSPS) is 14.0. The summed E-state index contributed by atoms with van der Waals surface area (Å²) < 4.78 is 0. The summed E-state index contributed by atoms with van der Waals surface area (Å²) in [7, 11) is -0.976. The maximum Gasteiger partial charge on any atom is 0.158 e. The molecule has 56 valence electrons. The minimum atomic E-state index is -0.488. The quantitative estimate of drug-likeness (QED) is 0.553. The average molecular weight is 166 g/mol. The van der Waals surface area contributed by atoms with Crippen LogP contribution in [0.4, 0.5) is 0 Å². The molecule has 0 N–H and O–H groups in total. The van der Waals surface area contributed by atoms with Crippen molar-refractivity contribution in [3.05, 3.63) is 0 Å². The maximum atomic E-state index is 2.43. The molecule has 0 aromatic carbocycles. The molecule has 0 aliphatic heterocycles. The fraction of sp³-hybridized carbons (Fsp3) is 1.00. The van der Waals surface area contributed by atoms with Gasteiger partial charge < -0.3 is 0 Å². The number of hydrogen-bond acceptors (Lipinski definition) is 0. The fourth-order valence-corrected chi connectivity index (χ4v) is 11.5. The van der Waals surface area contributed by atoms with Crippen LogP contribution < -0.4 is 0 Å². The van der Waals surface area contributed by atoms with E-state index in [1.165, 1.54) is 5.90 Å². The molecular formula is C7H20P2+2. The lowest BCUT2D eigenvalue weighted by Gasteiger charge is -2.17. The summed E-state index contributed by atoms with van der Waals surface area (Å²) in [5, 5.41) is 0. The third kappa shape index (κ3) is 8.86. The Kier molecular flexibility index (Phi) is 3.12. The largest absolute Gasteiger partial charge is 0.158 e. The smallest absolute Gasteiger partial charge is 0.0428 e. The molecule has 0 saturated heterocycles. The molecular weight excluding hydrogens is 146 g/mol. The minimum absolute atomic E-state index is 0.488. The van der Waals surface area contributed by atoms with Gasteiger partial charge in [0.15, 0.2) is 5.90 Å². The van der Waals surface area contributed by atoms with Crippen molar-refractivity contribution in [3.63, 3.8) is 0 Å². The molecule has 0 aliphatic rings. The van der Waals surface area contributed by atoms with Crippen molar-refractivity contribution in [1.29, 1.82) is 0 Å². The van der Waals surface area contributed by atoms with Crippen molar-refractivity contribution in [2.45, 2.75) is 0 Å². The summed E-state index contributed by atoms with van der Waals surface area (Å²) in [5.41, 5.74) is 0. The molecule has 9 heavy (non-hydrogen) atoms. The van der Waals surface area contributed by atoms with Crippen molar-refractivity contribution in [3.8, 4) is 0 Å². The van der Waals surface area contributed by atoms with Crippen LogP contribution in [-0.4, -0.2) is 45.9 Å². The Morgan fingerprint density at radius 2 is 0.889 bits per heavy atom. The number of rotatable bonds is 2. The predicted octanol–water partition coefficient (Wildman–Crippen LogP) is 2.76. The highest BCUT2D eigenvalue weighted by Gasteiger charge is 2.31. The van der Waals surface area contributed by atoms with Gasteiger partial charge in [0.25, 0.3) is 0 Å². The lowest BCUT2D eigenvalue weighted by molar-refractivity contribution is 1.78. The van der Waals surface area contributed by atoms with Gasteiger partial charge >= 0.3 is 0 Å². The Morgan fingerprint density at radius 3 is 0.889 bits per heavy atom. The molecule has 0 aromatic heterocycles. The molecule has 0 heterocycles. The van der Waals surface area contributed by atoms with Crippen molar-refractivity contribution in [1.82, 2.24) is 0 Å². The van der Waals surface area contributed by atoms with Gasteiger partial charge in [-0.3, -0.25) is 0 Å². The highest BCUT2D eigenvalue weighted by Crippen LogP contribution is 2.63. The van der Waals surface area contributed by atoms with Gasteiger partial charge in [0.1, 0.15) is 0 Å². The molecule has 0 rings (SSSR count). The molecule has 2 heteroatoms. The van der Waals surface area contributed by atoms with Crippen LogP contribution in [0.1, 0.15) is 0 Å². The van der Waals surface area contributed by atoms with Crippen LogP contribution in [0.3, 0.4) is 0 Å². The topological polar surface area (TPSA) is 0 Å². The SMILES string of the molecule is C[P+](C)(C)C[P+](C)(C)C. The van der Waals surface area contributed by atoms with Gasteiger partial charge in [-0.1, -0.05) is 0 Å². The molecule has 0 radical (unpaired) electrons.